The number of piperidine rings is 3. The number of alkyl halides is 2. The molecule has 5 saturated heterocycles. The number of rotatable bonds is 11. The van der Waals surface area contributed by atoms with E-state index in [4.69, 9.17) is 14.5 Å². The number of para-hydroxylation sites is 1. The van der Waals surface area contributed by atoms with E-state index in [0.29, 0.717) is 30.1 Å². The van der Waals surface area contributed by atoms with Gasteiger partial charge in [-0.25, -0.2) is 23.1 Å². The summed E-state index contributed by atoms with van der Waals surface area (Å²) in [6, 6.07) is 7.19. The molecule has 5 aliphatic heterocycles. The largest absolute Gasteiger partial charge is 0.375 e. The normalized spacial score (nSPS) is 25.8. The van der Waals surface area contributed by atoms with E-state index in [2.05, 4.69) is 35.5 Å². The number of benzene rings is 1. The number of aromatic nitrogens is 7. The lowest BCUT2D eigenvalue weighted by Crippen LogP contribution is -2.44. The molecular weight excluding hydrogens is 855 g/mol. The zero-order chi connectivity index (χ0) is 45.2. The van der Waals surface area contributed by atoms with Gasteiger partial charge < -0.3 is 29.5 Å². The predicted octanol–water partition coefficient (Wildman–Crippen LogP) is 4.61. The van der Waals surface area contributed by atoms with Gasteiger partial charge in [0.25, 0.3) is 12.3 Å². The smallest absolute Gasteiger partial charge is 0.329 e. The first-order chi connectivity index (χ1) is 32.0. The van der Waals surface area contributed by atoms with Crippen LogP contribution in [-0.4, -0.2) is 126 Å². The lowest BCUT2D eigenvalue weighted by molar-refractivity contribution is -0.135. The number of halogens is 2. The number of anilines is 3. The number of hydrogen-bond acceptors (Lipinski definition) is 12. The molecule has 1 saturated carbocycles. The topological polar surface area (TPSA) is 178 Å². The fourth-order valence-electron chi connectivity index (χ4n) is 11.5. The summed E-state index contributed by atoms with van der Waals surface area (Å²) in [5, 5.41) is 13.7. The van der Waals surface area contributed by atoms with Crippen LogP contribution in [0.1, 0.15) is 105 Å². The lowest BCUT2D eigenvalue weighted by atomic mass is 9.85. The summed E-state index contributed by atoms with van der Waals surface area (Å²) in [5.74, 6) is -0.0683. The van der Waals surface area contributed by atoms with E-state index in [1.807, 2.05) is 24.3 Å². The molecule has 5 aromatic rings. The van der Waals surface area contributed by atoms with Crippen molar-refractivity contribution in [1.29, 1.82) is 0 Å². The molecule has 2 N–H and O–H groups in total. The van der Waals surface area contributed by atoms with E-state index in [9.17, 15) is 28.0 Å². The molecule has 0 radical (unpaired) electrons. The van der Waals surface area contributed by atoms with Crippen molar-refractivity contribution >= 4 is 51.6 Å². The number of imidazole rings is 1. The summed E-state index contributed by atoms with van der Waals surface area (Å²) in [7, 11) is 1.74. The summed E-state index contributed by atoms with van der Waals surface area (Å²) in [5.41, 5.74) is 2.30. The number of nitrogens with zero attached hydrogens (tertiary/aromatic N) is 10. The summed E-state index contributed by atoms with van der Waals surface area (Å²) < 4.78 is 47.4. The highest BCUT2D eigenvalue weighted by Crippen LogP contribution is 2.37. The fourth-order valence-corrected chi connectivity index (χ4v) is 11.5. The Morgan fingerprint density at radius 1 is 0.970 bits per heavy atom. The van der Waals surface area contributed by atoms with Crippen LogP contribution in [0.4, 0.5) is 26.0 Å². The predicted molar refractivity (Wildman–Crippen MR) is 239 cm³/mol. The number of ether oxygens (including phenoxy) is 2. The Labute approximate surface area is 379 Å². The van der Waals surface area contributed by atoms with Crippen molar-refractivity contribution in [2.24, 2.45) is 13.0 Å². The first-order valence-corrected chi connectivity index (χ1v) is 23.6. The summed E-state index contributed by atoms with van der Waals surface area (Å²) in [6.07, 6.45) is 11.2. The molecule has 11 rings (SSSR count). The number of morpholine rings is 1. The third-order valence-electron chi connectivity index (χ3n) is 15.0. The summed E-state index contributed by atoms with van der Waals surface area (Å²) >= 11 is 0. The monoisotopic (exact) mass is 910 g/mol. The fraction of sp³-hybridized carbons (Fsp3) is 0.587. The molecule has 20 heteroatoms. The molecule has 3 atom stereocenters. The Balaban J connectivity index is 0.646. The average Bonchev–Trinajstić information content (AvgIpc) is 4.18. The van der Waals surface area contributed by atoms with E-state index in [1.54, 1.807) is 28.7 Å². The number of amides is 3. The maximum absolute atomic E-state index is 14.3. The maximum atomic E-state index is 14.3. The van der Waals surface area contributed by atoms with Crippen molar-refractivity contribution < 1.29 is 32.6 Å². The van der Waals surface area contributed by atoms with E-state index >= 15 is 0 Å². The number of carbonyl (C=O) groups excluding carboxylic acids is 3. The van der Waals surface area contributed by atoms with Crippen LogP contribution in [-0.2, 0) is 26.1 Å². The average molecular weight is 911 g/mol. The highest BCUT2D eigenvalue weighted by Gasteiger charge is 2.40. The van der Waals surface area contributed by atoms with Gasteiger partial charge in [-0.3, -0.25) is 33.5 Å². The van der Waals surface area contributed by atoms with Crippen molar-refractivity contribution in [2.45, 2.75) is 113 Å². The van der Waals surface area contributed by atoms with E-state index in [0.717, 1.165) is 114 Å². The van der Waals surface area contributed by atoms with Gasteiger partial charge in [-0.2, -0.15) is 10.2 Å². The van der Waals surface area contributed by atoms with Crippen LogP contribution in [0.15, 0.2) is 47.7 Å². The molecule has 9 heterocycles. The number of hydrogen-bond donors (Lipinski definition) is 2. The van der Waals surface area contributed by atoms with Crippen LogP contribution in [0.25, 0.3) is 16.7 Å². The van der Waals surface area contributed by atoms with Gasteiger partial charge in [0.2, 0.25) is 11.8 Å². The first kappa shape index (κ1) is 42.9. The zero-order valence-electron chi connectivity index (χ0n) is 37.1. The number of carbonyl (C=O) groups is 3. The van der Waals surface area contributed by atoms with Crippen LogP contribution in [0.5, 0.6) is 0 Å². The van der Waals surface area contributed by atoms with Gasteiger partial charge in [0.15, 0.2) is 11.3 Å². The second-order valence-electron chi connectivity index (χ2n) is 19.1. The third kappa shape index (κ3) is 8.03. The van der Waals surface area contributed by atoms with Crippen LogP contribution in [0.2, 0.25) is 0 Å². The highest BCUT2D eigenvalue weighted by molar-refractivity contribution is 6.08. The molecule has 18 nitrogen and oxygen atoms in total. The standard InChI is InChI=1S/C46H56F2N12O6/c1-54-41-35(3-2-4-36(41)60(46(54)64)37-9-10-39(61)52-45(37)63)56-18-13-31(14-19-56)66-30-11-16-55(17-12-30)23-27-5-7-28(8-6-27)59-25-34(40(53-59)42(47)48)50-44(62)33-22-49-58-20-15-38(51-43(33)58)57-24-32-21-29(57)26-65-32/h2-4,15,20,22,25,27-32,37,42H,5-14,16-19,21,23-24,26H2,1H3,(H,50,62)(H,52,61,63)/t27-,28-,29-,32-,37?/m0/s1. The van der Waals surface area contributed by atoms with Gasteiger partial charge in [-0.1, -0.05) is 6.07 Å². The van der Waals surface area contributed by atoms with Crippen molar-refractivity contribution in [3.05, 3.63) is 64.6 Å². The van der Waals surface area contributed by atoms with Crippen molar-refractivity contribution in [1.82, 2.24) is 43.7 Å². The second kappa shape index (κ2) is 17.5. The van der Waals surface area contributed by atoms with Crippen molar-refractivity contribution in [3.63, 3.8) is 0 Å². The Kier molecular flexibility index (Phi) is 11.4. The Hall–Kier alpha value is -5.73. The third-order valence-corrected chi connectivity index (χ3v) is 15.0. The molecule has 0 spiro atoms. The van der Waals surface area contributed by atoms with Gasteiger partial charge >= 0.3 is 5.69 Å². The zero-order valence-corrected chi connectivity index (χ0v) is 37.1. The molecule has 2 bridgehead atoms. The SMILES string of the molecule is Cn1c(=O)n(C2CCC(=O)NC2=O)c2cccc(N3CCC(OC4CCN(C[C@H]5CC[C@H](n6cc(NC(=O)c7cnn8ccc(N9C[C@@H]%10C[C@H]9CO%10)nc78)c(C(F)F)n6)CC5)CC4)CC3)c21. The maximum Gasteiger partial charge on any atom is 0.329 e. The van der Waals surface area contributed by atoms with Crippen LogP contribution < -0.4 is 26.1 Å². The lowest BCUT2D eigenvalue weighted by Gasteiger charge is -2.39. The Bertz CT molecular complexity index is 2710. The van der Waals surface area contributed by atoms with Crippen molar-refractivity contribution in [3.8, 4) is 0 Å². The minimum atomic E-state index is -2.86. The second-order valence-corrected chi connectivity index (χ2v) is 19.1. The quantitative estimate of drug-likeness (QED) is 0.176. The molecule has 4 aromatic heterocycles. The number of aryl methyl sites for hydroxylation is 1. The molecule has 1 unspecified atom stereocenters. The van der Waals surface area contributed by atoms with Crippen LogP contribution in [0.3, 0.4) is 0 Å². The first-order valence-electron chi connectivity index (χ1n) is 23.6. The van der Waals surface area contributed by atoms with Crippen LogP contribution in [0, 0.1) is 5.92 Å². The number of likely N-dealkylation sites (tertiary alicyclic amines) is 1. The minimum absolute atomic E-state index is 0.00208. The molecule has 66 heavy (non-hydrogen) atoms. The minimum Gasteiger partial charge on any atom is -0.375 e. The van der Waals surface area contributed by atoms with Crippen molar-refractivity contribution in [2.75, 3.05) is 61.0 Å². The van der Waals surface area contributed by atoms with Gasteiger partial charge in [-0.05, 0) is 88.3 Å². The number of fused-ring (bicyclic) bond motifs is 4. The molecule has 6 fully saturated rings. The molecule has 1 aliphatic carbocycles. The number of nitrogens with one attached hydrogen (secondary N) is 2. The van der Waals surface area contributed by atoms with Gasteiger partial charge in [0.05, 0.1) is 65.6 Å². The highest BCUT2D eigenvalue weighted by atomic mass is 19.3. The summed E-state index contributed by atoms with van der Waals surface area (Å²) in [4.78, 5) is 63.3. The molecule has 1 aromatic carbocycles. The molecule has 3 amide bonds. The van der Waals surface area contributed by atoms with E-state index < -0.39 is 30.0 Å². The van der Waals surface area contributed by atoms with Crippen LogP contribution >= 0.6 is 0 Å². The summed E-state index contributed by atoms with van der Waals surface area (Å²) in [6.45, 7) is 5.92. The van der Waals surface area contributed by atoms with E-state index in [1.165, 1.54) is 15.3 Å². The molecular formula is C46H56F2N12O6. The van der Waals surface area contributed by atoms with Gasteiger partial charge in [0.1, 0.15) is 17.4 Å². The Morgan fingerprint density at radius 2 is 1.74 bits per heavy atom. The van der Waals surface area contributed by atoms with Gasteiger partial charge in [-0.15, -0.1) is 0 Å². The number of imide groups is 1. The molecule has 350 valence electrons. The molecule has 6 aliphatic rings. The Morgan fingerprint density at radius 3 is 2.45 bits per heavy atom. The van der Waals surface area contributed by atoms with Gasteiger partial charge in [0, 0.05) is 65.1 Å². The van der Waals surface area contributed by atoms with E-state index in [-0.39, 0.29) is 59.7 Å².